The molecular formula is C46H28N4. The van der Waals surface area contributed by atoms with Gasteiger partial charge in [-0.2, -0.15) is 0 Å². The third-order valence-corrected chi connectivity index (χ3v) is 10.3. The molecule has 50 heavy (non-hydrogen) atoms. The maximum Gasteiger partial charge on any atom is 0.166 e. The van der Waals surface area contributed by atoms with Crippen molar-refractivity contribution in [3.8, 4) is 22.9 Å². The second-order valence-electron chi connectivity index (χ2n) is 13.0. The molecular weight excluding hydrogens is 609 g/mol. The van der Waals surface area contributed by atoms with Crippen molar-refractivity contribution < 1.29 is 0 Å². The molecule has 0 aliphatic heterocycles. The van der Waals surface area contributed by atoms with E-state index in [4.69, 9.17) is 9.97 Å². The summed E-state index contributed by atoms with van der Waals surface area (Å²) in [6.45, 7) is 0. The molecule has 3 aromatic heterocycles. The van der Waals surface area contributed by atoms with Gasteiger partial charge < -0.3 is 4.57 Å². The highest BCUT2D eigenvalue weighted by Crippen LogP contribution is 2.44. The van der Waals surface area contributed by atoms with Crippen LogP contribution in [0.3, 0.4) is 0 Å². The maximum absolute atomic E-state index is 5.57. The van der Waals surface area contributed by atoms with Crippen molar-refractivity contribution in [1.29, 1.82) is 0 Å². The van der Waals surface area contributed by atoms with Gasteiger partial charge in [-0.25, -0.2) is 9.97 Å². The van der Waals surface area contributed by atoms with Gasteiger partial charge in [-0.1, -0.05) is 140 Å². The van der Waals surface area contributed by atoms with Gasteiger partial charge in [0.2, 0.25) is 0 Å². The first-order valence-electron chi connectivity index (χ1n) is 17.0. The molecule has 0 aliphatic carbocycles. The zero-order chi connectivity index (χ0) is 32.8. The Labute approximate surface area is 287 Å². The molecule has 4 nitrogen and oxygen atoms in total. The Hall–Kier alpha value is -6.78. The summed E-state index contributed by atoms with van der Waals surface area (Å²) in [6.07, 6.45) is 0. The van der Waals surface area contributed by atoms with Crippen LogP contribution in [0.1, 0.15) is 0 Å². The van der Waals surface area contributed by atoms with E-state index in [0.717, 1.165) is 50.0 Å². The van der Waals surface area contributed by atoms with Crippen LogP contribution < -0.4 is 0 Å². The molecule has 11 aromatic rings. The number of hydrogen-bond donors (Lipinski definition) is 0. The molecule has 0 radical (unpaired) electrons. The summed E-state index contributed by atoms with van der Waals surface area (Å²) in [5, 5.41) is 10.8. The summed E-state index contributed by atoms with van der Waals surface area (Å²) in [5.41, 5.74) is 7.30. The van der Waals surface area contributed by atoms with Crippen LogP contribution in [-0.4, -0.2) is 19.1 Å². The average Bonchev–Trinajstić information content (AvgIpc) is 3.72. The Morgan fingerprint density at radius 2 is 0.880 bits per heavy atom. The number of hydrogen-bond acceptors (Lipinski definition) is 2. The van der Waals surface area contributed by atoms with Crippen molar-refractivity contribution in [1.82, 2.24) is 19.1 Å². The van der Waals surface area contributed by atoms with Gasteiger partial charge in [0.25, 0.3) is 0 Å². The van der Waals surface area contributed by atoms with E-state index >= 15 is 0 Å². The minimum Gasteiger partial charge on any atom is -0.304 e. The fourth-order valence-electron chi connectivity index (χ4n) is 8.12. The molecule has 0 saturated carbocycles. The van der Waals surface area contributed by atoms with Gasteiger partial charge in [0.15, 0.2) is 11.6 Å². The predicted molar refractivity (Wildman–Crippen MR) is 209 cm³/mol. The van der Waals surface area contributed by atoms with Crippen molar-refractivity contribution in [2.75, 3.05) is 0 Å². The summed E-state index contributed by atoms with van der Waals surface area (Å²) < 4.78 is 4.78. The van der Waals surface area contributed by atoms with E-state index in [0.29, 0.717) is 5.82 Å². The van der Waals surface area contributed by atoms with Crippen molar-refractivity contribution in [2.24, 2.45) is 0 Å². The molecule has 0 amide bonds. The summed E-state index contributed by atoms with van der Waals surface area (Å²) >= 11 is 0. The zero-order valence-electron chi connectivity index (χ0n) is 27.0. The highest BCUT2D eigenvalue weighted by molar-refractivity contribution is 6.29. The van der Waals surface area contributed by atoms with Crippen molar-refractivity contribution in [2.45, 2.75) is 0 Å². The first-order chi connectivity index (χ1) is 24.8. The molecule has 0 atom stereocenters. The zero-order valence-corrected chi connectivity index (χ0v) is 27.0. The van der Waals surface area contributed by atoms with Gasteiger partial charge in [0, 0.05) is 32.8 Å². The topological polar surface area (TPSA) is 35.6 Å². The fourth-order valence-corrected chi connectivity index (χ4v) is 8.12. The van der Waals surface area contributed by atoms with Crippen LogP contribution in [0.4, 0.5) is 0 Å². The number of para-hydroxylation sites is 1. The minimum atomic E-state index is 0.699. The molecule has 0 spiro atoms. The number of rotatable bonds is 3. The van der Waals surface area contributed by atoms with Gasteiger partial charge in [-0.3, -0.25) is 4.57 Å². The maximum atomic E-state index is 5.57. The minimum absolute atomic E-state index is 0.699. The lowest BCUT2D eigenvalue weighted by Crippen LogP contribution is -2.05. The number of benzene rings is 8. The molecule has 11 rings (SSSR count). The van der Waals surface area contributed by atoms with E-state index < -0.39 is 0 Å². The van der Waals surface area contributed by atoms with E-state index in [2.05, 4.69) is 173 Å². The molecule has 0 N–H and O–H groups in total. The molecule has 0 bridgehead atoms. The molecule has 8 aromatic carbocycles. The third-order valence-electron chi connectivity index (χ3n) is 10.3. The Kier molecular flexibility index (Phi) is 5.63. The lowest BCUT2D eigenvalue weighted by atomic mass is 10.00. The van der Waals surface area contributed by atoms with Crippen LogP contribution in [-0.2, 0) is 0 Å². The lowest BCUT2D eigenvalue weighted by molar-refractivity contribution is 1.05. The van der Waals surface area contributed by atoms with E-state index in [1.807, 2.05) is 6.07 Å². The Bertz CT molecular complexity index is 3040. The lowest BCUT2D eigenvalue weighted by Gasteiger charge is -2.15. The first-order valence-corrected chi connectivity index (χ1v) is 17.0. The van der Waals surface area contributed by atoms with Gasteiger partial charge in [-0.05, 0) is 57.3 Å². The average molecular weight is 637 g/mol. The van der Waals surface area contributed by atoms with E-state index in [9.17, 15) is 0 Å². The predicted octanol–water partition coefficient (Wildman–Crippen LogP) is 11.8. The second kappa shape index (κ2) is 10.4. The first kappa shape index (κ1) is 27.2. The highest BCUT2D eigenvalue weighted by Gasteiger charge is 2.26. The standard InChI is InChI=1S/C46H28N4/c1-3-16-32(17-4-1)45-47-42-37-26-23-31-15-9-12-22-36(31)43(37)49(33-18-5-2-6-19-33)44(42)46(48-45)50-38-27-24-29-13-7-10-20-34(29)40(38)41-35-21-11-8-14-30(35)25-28-39(41)50/h1-28H. The normalized spacial score (nSPS) is 12.0. The van der Waals surface area contributed by atoms with Gasteiger partial charge >= 0.3 is 0 Å². The molecule has 4 heteroatoms. The van der Waals surface area contributed by atoms with Crippen LogP contribution in [0, 0.1) is 0 Å². The smallest absolute Gasteiger partial charge is 0.166 e. The van der Waals surface area contributed by atoms with Crippen LogP contribution in [0.15, 0.2) is 170 Å². The van der Waals surface area contributed by atoms with Crippen molar-refractivity contribution in [3.63, 3.8) is 0 Å². The summed E-state index contributed by atoms with van der Waals surface area (Å²) in [4.78, 5) is 11.0. The van der Waals surface area contributed by atoms with Crippen molar-refractivity contribution >= 4 is 76.1 Å². The molecule has 0 unspecified atom stereocenters. The second-order valence-corrected chi connectivity index (χ2v) is 13.0. The van der Waals surface area contributed by atoms with E-state index in [1.54, 1.807) is 0 Å². The van der Waals surface area contributed by atoms with Crippen LogP contribution in [0.2, 0.25) is 0 Å². The van der Waals surface area contributed by atoms with Crippen LogP contribution in [0.5, 0.6) is 0 Å². The number of nitrogens with zero attached hydrogens (tertiary/aromatic N) is 4. The Balaban J connectivity index is 1.42. The van der Waals surface area contributed by atoms with Crippen LogP contribution >= 0.6 is 0 Å². The Morgan fingerprint density at radius 1 is 0.360 bits per heavy atom. The quantitative estimate of drug-likeness (QED) is 0.193. The van der Waals surface area contributed by atoms with Gasteiger partial charge in [0.05, 0.1) is 16.6 Å². The summed E-state index contributed by atoms with van der Waals surface area (Å²) in [6, 6.07) is 60.6. The molecule has 0 aliphatic rings. The van der Waals surface area contributed by atoms with Crippen molar-refractivity contribution in [3.05, 3.63) is 170 Å². The molecule has 3 heterocycles. The third kappa shape index (κ3) is 3.76. The fraction of sp³-hybridized carbons (Fsp3) is 0. The SMILES string of the molecule is c1ccc(-c2nc(-n3c4ccc5ccccc5c4c4c5ccccc5ccc43)c3c(n2)c2ccc4ccccc4c2n3-c2ccccc2)cc1. The molecule has 232 valence electrons. The summed E-state index contributed by atoms with van der Waals surface area (Å²) in [5.74, 6) is 1.55. The monoisotopic (exact) mass is 636 g/mol. The van der Waals surface area contributed by atoms with Crippen LogP contribution in [0.25, 0.3) is 99.0 Å². The van der Waals surface area contributed by atoms with E-state index in [1.165, 1.54) is 43.1 Å². The molecule has 0 fully saturated rings. The van der Waals surface area contributed by atoms with Gasteiger partial charge in [-0.15, -0.1) is 0 Å². The van der Waals surface area contributed by atoms with Gasteiger partial charge in [0.1, 0.15) is 11.0 Å². The number of fused-ring (bicyclic) bond motifs is 12. The Morgan fingerprint density at radius 3 is 1.52 bits per heavy atom. The van der Waals surface area contributed by atoms with E-state index in [-0.39, 0.29) is 0 Å². The largest absolute Gasteiger partial charge is 0.304 e. The highest BCUT2D eigenvalue weighted by atomic mass is 15.1. The summed E-state index contributed by atoms with van der Waals surface area (Å²) in [7, 11) is 0. The number of aromatic nitrogens is 4. The molecule has 0 saturated heterocycles.